The predicted octanol–water partition coefficient (Wildman–Crippen LogP) is 2.94. The predicted molar refractivity (Wildman–Crippen MR) is 89.5 cm³/mol. The van der Waals surface area contributed by atoms with Crippen molar-refractivity contribution in [1.82, 2.24) is 5.32 Å². The molecule has 1 aliphatic rings. The minimum absolute atomic E-state index is 0.440. The first-order valence-corrected chi connectivity index (χ1v) is 8.03. The average Bonchev–Trinajstić information content (AvgIpc) is 3.05. The van der Waals surface area contributed by atoms with Crippen molar-refractivity contribution in [2.75, 3.05) is 33.1 Å². The Bertz CT molecular complexity index is 662. The lowest BCUT2D eigenvalue weighted by atomic mass is 10.0. The molecule has 6 heteroatoms. The zero-order chi connectivity index (χ0) is 16.2. The minimum Gasteiger partial charge on any atom is -0.494 e. The molecule has 0 saturated carbocycles. The molecule has 0 amide bonds. The van der Waals surface area contributed by atoms with Crippen molar-refractivity contribution in [2.24, 2.45) is 0 Å². The highest BCUT2D eigenvalue weighted by atomic mass is 16.5. The number of furan rings is 1. The number of rotatable bonds is 6. The number of nitrogens with two attached hydrogens (primary N) is 1. The Labute approximate surface area is 135 Å². The Hall–Kier alpha value is -2.08. The van der Waals surface area contributed by atoms with Crippen LogP contribution in [0.3, 0.4) is 0 Å². The van der Waals surface area contributed by atoms with Crippen molar-refractivity contribution in [1.29, 1.82) is 0 Å². The van der Waals surface area contributed by atoms with E-state index in [-0.39, 0.29) is 0 Å². The third-order valence-electron chi connectivity index (χ3n) is 4.34. The van der Waals surface area contributed by atoms with Crippen LogP contribution in [0.15, 0.2) is 16.7 Å². The molecule has 2 aromatic rings. The average molecular weight is 320 g/mol. The second-order valence-electron chi connectivity index (χ2n) is 5.76. The van der Waals surface area contributed by atoms with Crippen LogP contribution in [0.1, 0.15) is 25.7 Å². The summed E-state index contributed by atoms with van der Waals surface area (Å²) >= 11 is 0. The fourth-order valence-corrected chi connectivity index (χ4v) is 3.16. The van der Waals surface area contributed by atoms with Crippen LogP contribution in [-0.2, 0) is 0 Å². The fourth-order valence-electron chi connectivity index (χ4n) is 3.16. The van der Waals surface area contributed by atoms with Gasteiger partial charge >= 0.3 is 0 Å². The van der Waals surface area contributed by atoms with Gasteiger partial charge in [0.05, 0.1) is 32.5 Å². The van der Waals surface area contributed by atoms with Crippen LogP contribution in [0.4, 0.5) is 5.69 Å². The summed E-state index contributed by atoms with van der Waals surface area (Å²) in [7, 11) is 3.17. The van der Waals surface area contributed by atoms with Crippen molar-refractivity contribution >= 4 is 16.7 Å². The van der Waals surface area contributed by atoms with Gasteiger partial charge < -0.3 is 29.7 Å². The summed E-state index contributed by atoms with van der Waals surface area (Å²) in [6.45, 7) is 1.65. The number of hydrogen-bond donors (Lipinski definition) is 2. The van der Waals surface area contributed by atoms with Crippen LogP contribution in [0, 0.1) is 0 Å². The molecule has 0 aliphatic carbocycles. The monoisotopic (exact) mass is 320 g/mol. The van der Waals surface area contributed by atoms with Gasteiger partial charge in [-0.2, -0.15) is 0 Å². The summed E-state index contributed by atoms with van der Waals surface area (Å²) in [5.74, 6) is 1.56. The van der Waals surface area contributed by atoms with Crippen LogP contribution >= 0.6 is 0 Å². The van der Waals surface area contributed by atoms with Gasteiger partial charge in [-0.25, -0.2) is 0 Å². The van der Waals surface area contributed by atoms with Crippen LogP contribution in [0.25, 0.3) is 11.0 Å². The molecule has 6 nitrogen and oxygen atoms in total. The fraction of sp³-hybridized carbons (Fsp3) is 0.529. The van der Waals surface area contributed by atoms with Crippen molar-refractivity contribution in [3.63, 3.8) is 0 Å². The first kappa shape index (κ1) is 15.8. The van der Waals surface area contributed by atoms with E-state index in [1.54, 1.807) is 20.5 Å². The summed E-state index contributed by atoms with van der Waals surface area (Å²) in [5.41, 5.74) is 7.25. The second-order valence-corrected chi connectivity index (χ2v) is 5.76. The number of nitrogens with one attached hydrogen (secondary N) is 1. The minimum atomic E-state index is 0.440. The Balaban J connectivity index is 1.82. The van der Waals surface area contributed by atoms with E-state index in [9.17, 15) is 0 Å². The van der Waals surface area contributed by atoms with Crippen molar-refractivity contribution < 1.29 is 18.6 Å². The number of ether oxygens (including phenoxy) is 3. The molecule has 1 unspecified atom stereocenters. The third kappa shape index (κ3) is 3.03. The van der Waals surface area contributed by atoms with Gasteiger partial charge in [-0.1, -0.05) is 6.42 Å². The topological polar surface area (TPSA) is 78.9 Å². The zero-order valence-corrected chi connectivity index (χ0v) is 13.7. The second kappa shape index (κ2) is 7.00. The lowest BCUT2D eigenvalue weighted by Gasteiger charge is -2.24. The largest absolute Gasteiger partial charge is 0.494 e. The molecule has 1 saturated heterocycles. The highest BCUT2D eigenvalue weighted by molar-refractivity contribution is 5.98. The maximum absolute atomic E-state index is 6.23. The van der Waals surface area contributed by atoms with Crippen molar-refractivity contribution in [2.45, 2.75) is 31.7 Å². The van der Waals surface area contributed by atoms with E-state index in [4.69, 9.17) is 24.4 Å². The molecule has 0 spiro atoms. The van der Waals surface area contributed by atoms with E-state index < -0.39 is 0 Å². The van der Waals surface area contributed by atoms with Crippen molar-refractivity contribution in [3.8, 4) is 17.2 Å². The summed E-state index contributed by atoms with van der Waals surface area (Å²) in [5, 5.41) is 4.29. The number of anilines is 1. The number of hydrogen-bond acceptors (Lipinski definition) is 6. The van der Waals surface area contributed by atoms with Gasteiger partial charge in [0.1, 0.15) is 5.69 Å². The number of fused-ring (bicyclic) bond motifs is 1. The zero-order valence-electron chi connectivity index (χ0n) is 13.7. The molecule has 1 fully saturated rings. The third-order valence-corrected chi connectivity index (χ3v) is 4.34. The highest BCUT2D eigenvalue weighted by Crippen LogP contribution is 2.48. The molecule has 126 valence electrons. The SMILES string of the molecule is COc1c(N)c(OCCC2CCCCN2)c(OC)c2occc12. The van der Waals surface area contributed by atoms with Gasteiger partial charge in [-0.15, -0.1) is 0 Å². The quantitative estimate of drug-likeness (QED) is 0.797. The Kier molecular flexibility index (Phi) is 4.81. The number of nitrogen functional groups attached to an aromatic ring is 1. The first-order chi connectivity index (χ1) is 11.3. The van der Waals surface area contributed by atoms with Gasteiger partial charge in [0, 0.05) is 6.04 Å². The van der Waals surface area contributed by atoms with E-state index in [1.807, 2.05) is 6.07 Å². The summed E-state index contributed by atoms with van der Waals surface area (Å²) < 4.78 is 22.4. The van der Waals surface area contributed by atoms with E-state index in [1.165, 1.54) is 19.3 Å². The lowest BCUT2D eigenvalue weighted by molar-refractivity contribution is 0.257. The van der Waals surface area contributed by atoms with Gasteiger partial charge in [0.15, 0.2) is 17.1 Å². The Morgan fingerprint density at radius 1 is 1.22 bits per heavy atom. The van der Waals surface area contributed by atoms with Crippen LogP contribution in [0.2, 0.25) is 0 Å². The summed E-state index contributed by atoms with van der Waals surface area (Å²) in [4.78, 5) is 0. The highest BCUT2D eigenvalue weighted by Gasteiger charge is 2.23. The van der Waals surface area contributed by atoms with Crippen molar-refractivity contribution in [3.05, 3.63) is 12.3 Å². The number of piperidine rings is 1. The van der Waals surface area contributed by atoms with Crippen LogP contribution in [-0.4, -0.2) is 33.4 Å². The standard InChI is InChI=1S/C17H24N2O4/c1-20-14-12-7-10-22-15(12)17(21-2)16(13(14)18)23-9-6-11-5-3-4-8-19-11/h7,10-11,19H,3-6,8-9,18H2,1-2H3. The molecule has 1 aromatic heterocycles. The molecule has 1 atom stereocenters. The first-order valence-electron chi connectivity index (χ1n) is 8.03. The Morgan fingerprint density at radius 2 is 2.04 bits per heavy atom. The maximum atomic E-state index is 6.23. The molecule has 3 rings (SSSR count). The maximum Gasteiger partial charge on any atom is 0.207 e. The Morgan fingerprint density at radius 3 is 2.74 bits per heavy atom. The molecule has 2 heterocycles. The number of methoxy groups -OCH3 is 2. The molecule has 1 aromatic carbocycles. The van der Waals surface area contributed by atoms with E-state index in [2.05, 4.69) is 5.32 Å². The molecule has 3 N–H and O–H groups in total. The molecular formula is C17H24N2O4. The summed E-state index contributed by atoms with van der Waals surface area (Å²) in [6, 6.07) is 2.31. The number of benzene rings is 1. The smallest absolute Gasteiger partial charge is 0.207 e. The lowest BCUT2D eigenvalue weighted by Crippen LogP contribution is -2.35. The molecular weight excluding hydrogens is 296 g/mol. The normalized spacial score (nSPS) is 18.1. The van der Waals surface area contributed by atoms with Gasteiger partial charge in [-0.3, -0.25) is 0 Å². The molecule has 0 radical (unpaired) electrons. The van der Waals surface area contributed by atoms with Gasteiger partial charge in [0.2, 0.25) is 5.75 Å². The van der Waals surface area contributed by atoms with E-state index in [0.717, 1.165) is 18.4 Å². The van der Waals surface area contributed by atoms with E-state index in [0.29, 0.717) is 41.2 Å². The van der Waals surface area contributed by atoms with Gasteiger partial charge in [-0.05, 0) is 31.9 Å². The van der Waals surface area contributed by atoms with E-state index >= 15 is 0 Å². The summed E-state index contributed by atoms with van der Waals surface area (Å²) in [6.07, 6.45) is 6.24. The molecule has 23 heavy (non-hydrogen) atoms. The van der Waals surface area contributed by atoms with Crippen LogP contribution < -0.4 is 25.3 Å². The van der Waals surface area contributed by atoms with Crippen LogP contribution in [0.5, 0.6) is 17.2 Å². The molecule has 1 aliphatic heterocycles. The van der Waals surface area contributed by atoms with Gasteiger partial charge in [0.25, 0.3) is 0 Å². The molecule has 0 bridgehead atoms.